The van der Waals surface area contributed by atoms with E-state index in [9.17, 15) is 59.0 Å². The molecule has 318 valence electrons. The Bertz CT molecular complexity index is 1710. The average molecular weight is 816 g/mol. The van der Waals surface area contributed by atoms with Crippen LogP contribution in [0.2, 0.25) is 0 Å². The van der Waals surface area contributed by atoms with Crippen LogP contribution in [0.5, 0.6) is 5.75 Å². The van der Waals surface area contributed by atoms with E-state index in [1.807, 2.05) is 5.43 Å². The van der Waals surface area contributed by atoms with Crippen LogP contribution in [0.15, 0.2) is 54.6 Å². The molecule has 58 heavy (non-hydrogen) atoms. The molecule has 0 heterocycles. The third-order valence-corrected chi connectivity index (χ3v) is 8.62. The van der Waals surface area contributed by atoms with Gasteiger partial charge >= 0.3 is 5.97 Å². The third-order valence-electron chi connectivity index (χ3n) is 8.62. The van der Waals surface area contributed by atoms with Crippen LogP contribution in [0.3, 0.4) is 0 Å². The summed E-state index contributed by atoms with van der Waals surface area (Å²) in [6, 6.07) is 7.35. The van der Waals surface area contributed by atoms with Gasteiger partial charge in [0.2, 0.25) is 35.4 Å². The molecule has 0 spiro atoms. The molecule has 6 amide bonds. The lowest BCUT2D eigenvalue weighted by molar-refractivity contribution is -0.548. The quantitative estimate of drug-likeness (QED) is 0.0287. The molecule has 0 aliphatic carbocycles. The number of carbonyl (C=O) groups is 7. The van der Waals surface area contributed by atoms with Gasteiger partial charge in [0.25, 0.3) is 0 Å². The maximum absolute atomic E-state index is 13.2. The molecule has 0 saturated heterocycles. The van der Waals surface area contributed by atoms with Crippen LogP contribution in [-0.2, 0) is 46.4 Å². The van der Waals surface area contributed by atoms with Gasteiger partial charge in [-0.15, -0.1) is 5.43 Å². The largest absolute Gasteiger partial charge is 0.508 e. The Morgan fingerprint density at radius 1 is 0.690 bits per heavy atom. The maximum atomic E-state index is 13.2. The molecule has 0 aromatic heterocycles. The number of benzene rings is 2. The topological polar surface area (TPSA) is 334 Å². The smallest absolute Gasteiger partial charge is 0.326 e. The number of aliphatic carboxylic acids is 1. The van der Waals surface area contributed by atoms with Crippen molar-refractivity contribution < 1.29 is 53.9 Å². The predicted octanol–water partition coefficient (Wildman–Crippen LogP) is -2.25. The van der Waals surface area contributed by atoms with Crippen molar-refractivity contribution in [3.63, 3.8) is 0 Å². The van der Waals surface area contributed by atoms with Crippen LogP contribution in [0.25, 0.3) is 0 Å². The minimum Gasteiger partial charge on any atom is -0.508 e. The Labute approximate surface area is 334 Å². The molecule has 0 fully saturated rings. The fourth-order valence-electron chi connectivity index (χ4n) is 5.49. The molecule has 2 rings (SSSR count). The number of carboxylic acid groups (broad SMARTS) is 1. The number of hydrogen-bond acceptors (Lipinski definition) is 12. The molecule has 2 aromatic carbocycles. The van der Waals surface area contributed by atoms with Crippen molar-refractivity contribution >= 4 is 41.4 Å². The fourth-order valence-corrected chi connectivity index (χ4v) is 5.49. The highest BCUT2D eigenvalue weighted by molar-refractivity contribution is 5.95. The monoisotopic (exact) mass is 815 g/mol. The van der Waals surface area contributed by atoms with E-state index < -0.39 is 102 Å². The molecule has 0 radical (unpaired) electrons. The zero-order valence-electron chi connectivity index (χ0n) is 32.4. The number of aliphatic hydroxyl groups is 1. The predicted molar refractivity (Wildman–Crippen MR) is 207 cm³/mol. The second kappa shape index (κ2) is 24.3. The van der Waals surface area contributed by atoms with Crippen LogP contribution < -0.4 is 43.1 Å². The molecule has 6 atom stereocenters. The van der Waals surface area contributed by atoms with Gasteiger partial charge < -0.3 is 53.0 Å². The third kappa shape index (κ3) is 17.2. The highest BCUT2D eigenvalue weighted by atomic mass is 16.7. The van der Waals surface area contributed by atoms with Crippen LogP contribution in [0.1, 0.15) is 51.2 Å². The Hall–Kier alpha value is -6.35. The average Bonchev–Trinajstić information content (AvgIpc) is 3.16. The summed E-state index contributed by atoms with van der Waals surface area (Å²) in [5.74, 6) is -7.08. The van der Waals surface area contributed by atoms with E-state index in [-0.39, 0.29) is 25.0 Å². The summed E-state index contributed by atoms with van der Waals surface area (Å²) < 4.78 is 0. The van der Waals surface area contributed by atoms with E-state index in [0.29, 0.717) is 30.5 Å². The van der Waals surface area contributed by atoms with Gasteiger partial charge in [0, 0.05) is 12.8 Å². The summed E-state index contributed by atoms with van der Waals surface area (Å²) >= 11 is 0. The number of amides is 6. The summed E-state index contributed by atoms with van der Waals surface area (Å²) in [6.07, 6.45) is -0.610. The number of unbranched alkanes of at least 4 members (excludes halogenated alkanes) is 1. The van der Waals surface area contributed by atoms with E-state index in [1.165, 1.54) is 31.2 Å². The summed E-state index contributed by atoms with van der Waals surface area (Å²) in [6.45, 7) is 3.37. The number of nitrogens with two attached hydrogens (primary N) is 1. The Kier molecular flexibility index (Phi) is 20.0. The van der Waals surface area contributed by atoms with Gasteiger partial charge in [0.1, 0.15) is 29.9 Å². The standard InChI is InChI=1S/C37H53N9O12/c1-21(2)31(35(53)39-19-29(49)41-27(17-23-9-5-4-6-10-23)33(51)42-26(37(55)56)11-7-8-16-38)43-30(50)20-40-36(54)32(22(3)47)44-34(52)28(45-46(57)58)18-24-12-14-25(48)15-13-24/h4-6,9-10,12-15,21-22,26-28,31-32,45,47-48H,7-8,11,16-20,38H2,1-3H3,(H,39,53)(H,40,54)(H,41,49)(H,42,51)(H,43,50)(H,44,52)(H,55,56)/t22-,26+,27+,28+,31+,32+/m1/s1. The zero-order chi connectivity index (χ0) is 43.4. The van der Waals surface area contributed by atoms with Crippen LogP contribution in [0.4, 0.5) is 0 Å². The number of phenols is 1. The van der Waals surface area contributed by atoms with Gasteiger partial charge in [-0.25, -0.2) is 14.9 Å². The molecular weight excluding hydrogens is 762 g/mol. The van der Waals surface area contributed by atoms with Crippen molar-refractivity contribution in [3.05, 3.63) is 75.8 Å². The van der Waals surface area contributed by atoms with Gasteiger partial charge in [0.15, 0.2) is 11.1 Å². The number of aliphatic hydroxyl groups excluding tert-OH is 1. The number of hydrogen-bond donors (Lipinski definition) is 11. The number of nitrogens with one attached hydrogen (secondary N) is 7. The molecule has 0 aliphatic heterocycles. The summed E-state index contributed by atoms with van der Waals surface area (Å²) in [5, 5.41) is 53.9. The maximum Gasteiger partial charge on any atom is 0.326 e. The molecule has 0 bridgehead atoms. The summed E-state index contributed by atoms with van der Waals surface area (Å²) in [7, 11) is 0. The van der Waals surface area contributed by atoms with E-state index in [4.69, 9.17) is 5.73 Å². The van der Waals surface area contributed by atoms with E-state index in [2.05, 4.69) is 31.9 Å². The van der Waals surface area contributed by atoms with Crippen molar-refractivity contribution in [1.29, 1.82) is 0 Å². The van der Waals surface area contributed by atoms with E-state index in [0.717, 1.165) is 0 Å². The van der Waals surface area contributed by atoms with Crippen LogP contribution in [-0.4, -0.2) is 118 Å². The van der Waals surface area contributed by atoms with E-state index >= 15 is 0 Å². The first-order valence-corrected chi connectivity index (χ1v) is 18.5. The van der Waals surface area contributed by atoms with Crippen molar-refractivity contribution in [2.24, 2.45) is 11.7 Å². The molecule has 21 nitrogen and oxygen atoms in total. The highest BCUT2D eigenvalue weighted by Gasteiger charge is 2.32. The number of hydrazine groups is 1. The minimum atomic E-state index is -1.65. The molecule has 0 unspecified atom stereocenters. The van der Waals surface area contributed by atoms with Crippen molar-refractivity contribution in [3.8, 4) is 5.75 Å². The van der Waals surface area contributed by atoms with Gasteiger partial charge in [-0.2, -0.15) is 0 Å². The molecular formula is C37H53N9O12. The fraction of sp³-hybridized carbons (Fsp3) is 0.486. The highest BCUT2D eigenvalue weighted by Crippen LogP contribution is 2.12. The number of nitro groups is 1. The molecule has 0 aliphatic rings. The Morgan fingerprint density at radius 2 is 1.22 bits per heavy atom. The molecule has 12 N–H and O–H groups in total. The Balaban J connectivity index is 2.02. The number of phenolic OH excluding ortho intramolecular Hbond substituents is 1. The van der Waals surface area contributed by atoms with Gasteiger partial charge in [-0.1, -0.05) is 56.3 Å². The number of rotatable bonds is 25. The first-order chi connectivity index (χ1) is 27.4. The van der Waals surface area contributed by atoms with Crippen LogP contribution in [0, 0.1) is 16.0 Å². The number of aromatic hydroxyl groups is 1. The van der Waals surface area contributed by atoms with Gasteiger partial charge in [0.05, 0.1) is 19.2 Å². The molecule has 21 heteroatoms. The normalized spacial score (nSPS) is 14.0. The molecule has 2 aromatic rings. The number of carboxylic acids is 1. The second-order valence-corrected chi connectivity index (χ2v) is 13.8. The van der Waals surface area contributed by atoms with Crippen molar-refractivity contribution in [2.45, 2.75) is 89.2 Å². The lowest BCUT2D eigenvalue weighted by Crippen LogP contribution is -2.59. The lowest BCUT2D eigenvalue weighted by Gasteiger charge is -2.24. The first kappa shape index (κ1) is 47.8. The minimum absolute atomic E-state index is 0.00759. The van der Waals surface area contributed by atoms with Crippen molar-refractivity contribution in [2.75, 3.05) is 19.6 Å². The zero-order valence-corrected chi connectivity index (χ0v) is 32.4. The SMILES string of the molecule is CC(C)[C@H](NC(=O)CNC(=O)[C@@H](NC(=O)[C@H](Cc1ccc(O)cc1)N[N+](=O)[O-])[C@@H](C)O)C(=O)NCC(=O)N[C@@H](Cc1ccccc1)C(=O)N[C@@H](CCCCN)C(=O)O. The van der Waals surface area contributed by atoms with Gasteiger partial charge in [-0.05, 0) is 61.9 Å². The van der Waals surface area contributed by atoms with Gasteiger partial charge in [-0.3, -0.25) is 28.8 Å². The van der Waals surface area contributed by atoms with E-state index in [1.54, 1.807) is 44.2 Å². The summed E-state index contributed by atoms with van der Waals surface area (Å²) in [4.78, 5) is 101. The first-order valence-electron chi connectivity index (χ1n) is 18.5. The summed E-state index contributed by atoms with van der Waals surface area (Å²) in [5.41, 5.74) is 8.44. The number of nitrogens with zero attached hydrogens (tertiary/aromatic N) is 1. The number of carbonyl (C=O) groups excluding carboxylic acids is 6. The lowest BCUT2D eigenvalue weighted by atomic mass is 10.0. The second-order valence-electron chi connectivity index (χ2n) is 13.8. The Morgan fingerprint density at radius 3 is 1.76 bits per heavy atom. The van der Waals surface area contributed by atoms with Crippen LogP contribution >= 0.6 is 0 Å². The van der Waals surface area contributed by atoms with Crippen molar-refractivity contribution in [1.82, 2.24) is 37.3 Å². The molecule has 0 saturated carbocycles.